The summed E-state index contributed by atoms with van der Waals surface area (Å²) in [4.78, 5) is 27.2. The minimum atomic E-state index is -0.783. The number of carbonyl (C=O) groups is 2. The molecular formula is C14H26N2O3. The third-order valence-electron chi connectivity index (χ3n) is 4.30. The van der Waals surface area contributed by atoms with Crippen molar-refractivity contribution < 1.29 is 14.7 Å². The average molecular weight is 270 g/mol. The molecule has 0 bridgehead atoms. The maximum Gasteiger partial charge on any atom is 0.319 e. The molecule has 1 rings (SSSR count). The highest BCUT2D eigenvalue weighted by molar-refractivity contribution is 5.76. The monoisotopic (exact) mass is 270 g/mol. The maximum absolute atomic E-state index is 12.3. The summed E-state index contributed by atoms with van der Waals surface area (Å²) in [5.41, 5.74) is -0.776. The number of likely N-dealkylation sites (tertiary alicyclic amines) is 1. The van der Waals surface area contributed by atoms with Crippen LogP contribution in [0.25, 0.3) is 0 Å². The number of carboxylic acids is 1. The largest absolute Gasteiger partial charge is 0.481 e. The lowest BCUT2D eigenvalue weighted by Gasteiger charge is -2.40. The van der Waals surface area contributed by atoms with Crippen LogP contribution in [0.5, 0.6) is 0 Å². The molecule has 1 N–H and O–H groups in total. The second kappa shape index (κ2) is 6.26. The normalized spacial score (nSPS) is 20.2. The first-order valence-corrected chi connectivity index (χ1v) is 7.11. The average Bonchev–Trinajstić information content (AvgIpc) is 2.40. The summed E-state index contributed by atoms with van der Waals surface area (Å²) in [7, 11) is 0. The summed E-state index contributed by atoms with van der Waals surface area (Å²) in [5, 5.41) is 9.31. The van der Waals surface area contributed by atoms with E-state index in [0.29, 0.717) is 19.6 Å². The first-order chi connectivity index (χ1) is 8.84. The lowest BCUT2D eigenvalue weighted by molar-refractivity contribution is -0.151. The first-order valence-electron chi connectivity index (χ1n) is 7.11. The van der Waals surface area contributed by atoms with Gasteiger partial charge in [-0.15, -0.1) is 0 Å². The lowest BCUT2D eigenvalue weighted by atomic mass is 9.74. The van der Waals surface area contributed by atoms with E-state index in [2.05, 4.69) is 0 Å². The Morgan fingerprint density at radius 3 is 2.37 bits per heavy atom. The molecule has 5 nitrogen and oxygen atoms in total. The number of rotatable bonds is 4. The zero-order chi connectivity index (χ0) is 14.6. The van der Waals surface area contributed by atoms with Gasteiger partial charge in [0.05, 0.1) is 5.41 Å². The molecule has 0 spiro atoms. The van der Waals surface area contributed by atoms with Gasteiger partial charge in [-0.05, 0) is 46.5 Å². The third kappa shape index (κ3) is 3.39. The molecule has 19 heavy (non-hydrogen) atoms. The van der Waals surface area contributed by atoms with E-state index < -0.39 is 11.4 Å². The Balaban J connectivity index is 2.75. The Morgan fingerprint density at radius 2 is 1.89 bits per heavy atom. The number of hydrogen-bond donors (Lipinski definition) is 1. The van der Waals surface area contributed by atoms with Gasteiger partial charge in [0.1, 0.15) is 0 Å². The van der Waals surface area contributed by atoms with Gasteiger partial charge in [-0.3, -0.25) is 4.79 Å². The van der Waals surface area contributed by atoms with Crippen LogP contribution in [0.15, 0.2) is 0 Å². The van der Waals surface area contributed by atoms with Crippen molar-refractivity contribution in [2.75, 3.05) is 26.2 Å². The SMILES string of the molecule is CCN(CC)C(=O)N1CCCC(C(C)(C)C(=O)O)C1. The number of hydrogen-bond acceptors (Lipinski definition) is 2. The number of aliphatic carboxylic acids is 1. The van der Waals surface area contributed by atoms with E-state index in [4.69, 9.17) is 0 Å². The topological polar surface area (TPSA) is 60.9 Å². The van der Waals surface area contributed by atoms with Crippen LogP contribution in [0, 0.1) is 11.3 Å². The molecule has 2 amide bonds. The van der Waals surface area contributed by atoms with E-state index in [1.165, 1.54) is 0 Å². The van der Waals surface area contributed by atoms with Crippen LogP contribution in [0.2, 0.25) is 0 Å². The number of piperidine rings is 1. The van der Waals surface area contributed by atoms with Crippen molar-refractivity contribution in [3.8, 4) is 0 Å². The van der Waals surface area contributed by atoms with Crippen LogP contribution in [-0.2, 0) is 4.79 Å². The van der Waals surface area contributed by atoms with Gasteiger partial charge in [0.25, 0.3) is 0 Å². The molecule has 1 saturated heterocycles. The molecule has 1 unspecified atom stereocenters. The molecule has 0 aromatic rings. The Bertz CT molecular complexity index is 338. The smallest absolute Gasteiger partial charge is 0.319 e. The van der Waals surface area contributed by atoms with E-state index in [-0.39, 0.29) is 11.9 Å². The van der Waals surface area contributed by atoms with Crippen LogP contribution in [0.4, 0.5) is 4.79 Å². The molecule has 1 heterocycles. The molecule has 0 radical (unpaired) electrons. The maximum atomic E-state index is 12.3. The van der Waals surface area contributed by atoms with Crippen molar-refractivity contribution in [3.05, 3.63) is 0 Å². The minimum absolute atomic E-state index is 0.0262. The molecular weight excluding hydrogens is 244 g/mol. The quantitative estimate of drug-likeness (QED) is 0.852. The van der Waals surface area contributed by atoms with Gasteiger partial charge < -0.3 is 14.9 Å². The highest BCUT2D eigenvalue weighted by atomic mass is 16.4. The molecule has 0 aromatic carbocycles. The van der Waals surface area contributed by atoms with Gasteiger partial charge in [-0.25, -0.2) is 4.79 Å². The van der Waals surface area contributed by atoms with Gasteiger partial charge in [-0.2, -0.15) is 0 Å². The highest BCUT2D eigenvalue weighted by Gasteiger charge is 2.40. The standard InChI is InChI=1S/C14H26N2O3/c1-5-15(6-2)13(19)16-9-7-8-11(10-16)14(3,4)12(17)18/h11H,5-10H2,1-4H3,(H,17,18). The summed E-state index contributed by atoms with van der Waals surface area (Å²) in [5.74, 6) is -0.757. The molecule has 110 valence electrons. The molecule has 0 aromatic heterocycles. The molecule has 1 atom stereocenters. The zero-order valence-corrected chi connectivity index (χ0v) is 12.5. The Morgan fingerprint density at radius 1 is 1.32 bits per heavy atom. The highest BCUT2D eigenvalue weighted by Crippen LogP contribution is 2.34. The van der Waals surface area contributed by atoms with Crippen LogP contribution in [0.3, 0.4) is 0 Å². The Kier molecular flexibility index (Phi) is 5.20. The van der Waals surface area contributed by atoms with Crippen molar-refractivity contribution in [2.24, 2.45) is 11.3 Å². The predicted octanol–water partition coefficient (Wildman–Crippen LogP) is 2.27. The van der Waals surface area contributed by atoms with Crippen LogP contribution in [0.1, 0.15) is 40.5 Å². The molecule has 5 heteroatoms. The van der Waals surface area contributed by atoms with Crippen LogP contribution < -0.4 is 0 Å². The van der Waals surface area contributed by atoms with E-state index in [9.17, 15) is 14.7 Å². The van der Waals surface area contributed by atoms with Crippen molar-refractivity contribution in [1.82, 2.24) is 9.80 Å². The number of nitrogens with zero attached hydrogens (tertiary/aromatic N) is 2. The van der Waals surface area contributed by atoms with Crippen LogP contribution >= 0.6 is 0 Å². The fourth-order valence-corrected chi connectivity index (χ4v) is 2.61. The zero-order valence-electron chi connectivity index (χ0n) is 12.5. The van der Waals surface area contributed by atoms with E-state index in [1.54, 1.807) is 18.7 Å². The predicted molar refractivity (Wildman–Crippen MR) is 74.0 cm³/mol. The van der Waals surface area contributed by atoms with Gasteiger partial charge in [-0.1, -0.05) is 0 Å². The first kappa shape index (κ1) is 15.8. The summed E-state index contributed by atoms with van der Waals surface area (Å²) >= 11 is 0. The summed E-state index contributed by atoms with van der Waals surface area (Å²) in [6.07, 6.45) is 1.76. The second-order valence-electron chi connectivity index (χ2n) is 5.77. The van der Waals surface area contributed by atoms with Crippen molar-refractivity contribution in [2.45, 2.75) is 40.5 Å². The van der Waals surface area contributed by atoms with E-state index >= 15 is 0 Å². The molecule has 0 saturated carbocycles. The number of amides is 2. The number of carbonyl (C=O) groups excluding carboxylic acids is 1. The molecule has 1 aliphatic rings. The number of carboxylic acid groups (broad SMARTS) is 1. The fourth-order valence-electron chi connectivity index (χ4n) is 2.61. The summed E-state index contributed by atoms with van der Waals surface area (Å²) < 4.78 is 0. The third-order valence-corrected chi connectivity index (χ3v) is 4.30. The Hall–Kier alpha value is -1.26. The second-order valence-corrected chi connectivity index (χ2v) is 5.77. The van der Waals surface area contributed by atoms with E-state index in [1.807, 2.05) is 18.7 Å². The van der Waals surface area contributed by atoms with E-state index in [0.717, 1.165) is 19.4 Å². The van der Waals surface area contributed by atoms with Crippen molar-refractivity contribution in [3.63, 3.8) is 0 Å². The van der Waals surface area contributed by atoms with Crippen molar-refractivity contribution >= 4 is 12.0 Å². The van der Waals surface area contributed by atoms with Gasteiger partial charge in [0.15, 0.2) is 0 Å². The molecule has 1 fully saturated rings. The lowest BCUT2D eigenvalue weighted by Crippen LogP contribution is -2.51. The fraction of sp³-hybridized carbons (Fsp3) is 0.857. The number of urea groups is 1. The molecule has 1 aliphatic heterocycles. The molecule has 0 aliphatic carbocycles. The van der Waals surface area contributed by atoms with Gasteiger partial charge >= 0.3 is 12.0 Å². The van der Waals surface area contributed by atoms with Gasteiger partial charge in [0, 0.05) is 26.2 Å². The minimum Gasteiger partial charge on any atom is -0.481 e. The Labute approximate surface area is 115 Å². The van der Waals surface area contributed by atoms with Crippen LogP contribution in [-0.4, -0.2) is 53.1 Å². The van der Waals surface area contributed by atoms with Gasteiger partial charge in [0.2, 0.25) is 0 Å². The summed E-state index contributed by atoms with van der Waals surface area (Å²) in [6, 6.07) is 0.0379. The summed E-state index contributed by atoms with van der Waals surface area (Å²) in [6.45, 7) is 10.1. The van der Waals surface area contributed by atoms with Crippen molar-refractivity contribution in [1.29, 1.82) is 0 Å².